The summed E-state index contributed by atoms with van der Waals surface area (Å²) in [6.45, 7) is 16.7. The molecule has 2 aromatic heterocycles. The quantitative estimate of drug-likeness (QED) is 0.347. The van der Waals surface area contributed by atoms with E-state index in [0.717, 1.165) is 36.3 Å². The summed E-state index contributed by atoms with van der Waals surface area (Å²) in [6.07, 6.45) is 2.36. The molecule has 45 heavy (non-hydrogen) atoms. The lowest BCUT2D eigenvalue weighted by Crippen LogP contribution is -2.50. The van der Waals surface area contributed by atoms with Crippen molar-refractivity contribution in [2.75, 3.05) is 57.3 Å². The SMILES string of the molecule is CC(C)(C)OC(=O)N1CCN(c2ccc([N+](=O)[O-])nc2)CC1.CC(C)(C)OC(=O)N1CCNCC1.O=[N+]([O-])c1ccc(Br)cn1. The van der Waals surface area contributed by atoms with E-state index in [2.05, 4.69) is 31.2 Å². The fourth-order valence-corrected chi connectivity index (χ4v) is 4.03. The lowest BCUT2D eigenvalue weighted by Gasteiger charge is -2.36. The third-order valence-corrected chi connectivity index (χ3v) is 6.35. The van der Waals surface area contributed by atoms with E-state index in [1.807, 2.05) is 46.4 Å². The van der Waals surface area contributed by atoms with E-state index >= 15 is 0 Å². The first-order valence-corrected chi connectivity index (χ1v) is 15.0. The fourth-order valence-electron chi connectivity index (χ4n) is 3.80. The van der Waals surface area contributed by atoms with Gasteiger partial charge < -0.3 is 49.7 Å². The summed E-state index contributed by atoms with van der Waals surface area (Å²) in [4.78, 5) is 55.8. The smallest absolute Gasteiger partial charge is 0.410 e. The lowest BCUT2D eigenvalue weighted by atomic mass is 10.2. The third-order valence-electron chi connectivity index (χ3n) is 5.88. The number of anilines is 1. The fraction of sp³-hybridized carbons (Fsp3) is 0.571. The first-order chi connectivity index (χ1) is 20.9. The maximum absolute atomic E-state index is 12.0. The van der Waals surface area contributed by atoms with Crippen molar-refractivity contribution in [3.8, 4) is 0 Å². The molecule has 2 amide bonds. The van der Waals surface area contributed by atoms with Gasteiger partial charge in [0, 0.05) is 64.5 Å². The van der Waals surface area contributed by atoms with Crippen LogP contribution in [0, 0.1) is 20.2 Å². The maximum Gasteiger partial charge on any atom is 0.410 e. The number of nitro groups is 2. The van der Waals surface area contributed by atoms with Crippen LogP contribution in [0.1, 0.15) is 41.5 Å². The number of nitrogens with one attached hydrogen (secondary N) is 1. The molecular formula is C28H41BrN8O8. The Balaban J connectivity index is 0.000000259. The van der Waals surface area contributed by atoms with Crippen LogP contribution in [0.3, 0.4) is 0 Å². The summed E-state index contributed by atoms with van der Waals surface area (Å²) >= 11 is 3.11. The minimum atomic E-state index is -0.535. The molecule has 0 unspecified atom stereocenters. The van der Waals surface area contributed by atoms with Crippen LogP contribution in [0.15, 0.2) is 41.1 Å². The Bertz CT molecular complexity index is 1270. The summed E-state index contributed by atoms with van der Waals surface area (Å²) in [5.41, 5.74) is -0.0761. The highest BCUT2D eigenvalue weighted by Crippen LogP contribution is 2.19. The number of hydrogen-bond donors (Lipinski definition) is 1. The van der Waals surface area contributed by atoms with Crippen molar-refractivity contribution in [2.45, 2.75) is 52.7 Å². The van der Waals surface area contributed by atoms with Crippen molar-refractivity contribution in [2.24, 2.45) is 0 Å². The second-order valence-electron chi connectivity index (χ2n) is 11.9. The molecule has 0 aromatic carbocycles. The molecule has 2 saturated heterocycles. The van der Waals surface area contributed by atoms with Crippen LogP contribution in [0.5, 0.6) is 0 Å². The number of halogens is 1. The van der Waals surface area contributed by atoms with E-state index < -0.39 is 15.4 Å². The second-order valence-corrected chi connectivity index (χ2v) is 12.8. The van der Waals surface area contributed by atoms with Crippen molar-refractivity contribution >= 4 is 45.4 Å². The van der Waals surface area contributed by atoms with Gasteiger partial charge in [0.05, 0.1) is 10.2 Å². The molecule has 16 nitrogen and oxygen atoms in total. The van der Waals surface area contributed by atoms with Crippen LogP contribution in [0.2, 0.25) is 0 Å². The molecule has 4 heterocycles. The molecule has 2 aromatic rings. The van der Waals surface area contributed by atoms with E-state index in [1.54, 1.807) is 21.9 Å². The number of ether oxygens (including phenoxy) is 2. The lowest BCUT2D eigenvalue weighted by molar-refractivity contribution is -0.389. The predicted octanol–water partition coefficient (Wildman–Crippen LogP) is 4.63. The van der Waals surface area contributed by atoms with Crippen molar-refractivity contribution in [3.63, 3.8) is 0 Å². The number of aromatic nitrogens is 2. The first kappa shape index (κ1) is 37.1. The van der Waals surface area contributed by atoms with E-state index in [-0.39, 0.29) is 29.4 Å². The average molecular weight is 698 g/mol. The molecule has 2 fully saturated rings. The second kappa shape index (κ2) is 16.8. The number of amides is 2. The maximum atomic E-state index is 12.0. The Kier molecular flexibility index (Phi) is 13.8. The van der Waals surface area contributed by atoms with E-state index in [4.69, 9.17) is 9.47 Å². The summed E-state index contributed by atoms with van der Waals surface area (Å²) in [7, 11) is 0. The van der Waals surface area contributed by atoms with E-state index in [0.29, 0.717) is 26.2 Å². The summed E-state index contributed by atoms with van der Waals surface area (Å²) < 4.78 is 11.3. The van der Waals surface area contributed by atoms with Crippen LogP contribution in [0.25, 0.3) is 0 Å². The van der Waals surface area contributed by atoms with Gasteiger partial charge in [-0.25, -0.2) is 9.59 Å². The van der Waals surface area contributed by atoms with Gasteiger partial charge in [0.25, 0.3) is 0 Å². The summed E-state index contributed by atoms with van der Waals surface area (Å²) in [5, 5.41) is 23.8. The Hall–Kier alpha value is -4.12. The van der Waals surface area contributed by atoms with Gasteiger partial charge >= 0.3 is 23.8 Å². The zero-order valence-electron chi connectivity index (χ0n) is 26.4. The normalized spacial score (nSPS) is 15.0. The van der Waals surface area contributed by atoms with Crippen molar-refractivity contribution < 1.29 is 28.9 Å². The van der Waals surface area contributed by atoms with Gasteiger partial charge in [-0.1, -0.05) is 0 Å². The number of carbonyl (C=O) groups excluding carboxylic acids is 2. The van der Waals surface area contributed by atoms with Gasteiger partial charge in [0.1, 0.15) is 11.2 Å². The number of pyridine rings is 2. The molecule has 0 aliphatic carbocycles. The number of rotatable bonds is 3. The molecule has 0 saturated carbocycles. The van der Waals surface area contributed by atoms with Gasteiger partial charge in [-0.15, -0.1) is 0 Å². The molecular weight excluding hydrogens is 656 g/mol. The van der Waals surface area contributed by atoms with E-state index in [1.165, 1.54) is 24.5 Å². The van der Waals surface area contributed by atoms with Gasteiger partial charge in [0.2, 0.25) is 0 Å². The first-order valence-electron chi connectivity index (χ1n) is 14.2. The van der Waals surface area contributed by atoms with Gasteiger partial charge in [-0.2, -0.15) is 0 Å². The van der Waals surface area contributed by atoms with Crippen LogP contribution in [-0.2, 0) is 9.47 Å². The number of hydrogen-bond acceptors (Lipinski definition) is 12. The third kappa shape index (κ3) is 14.0. The Labute approximate surface area is 270 Å². The minimum Gasteiger partial charge on any atom is -0.444 e. The number of nitrogens with zero attached hydrogens (tertiary/aromatic N) is 7. The molecule has 2 aliphatic heterocycles. The summed E-state index contributed by atoms with van der Waals surface area (Å²) in [6, 6.07) is 5.97. The van der Waals surface area contributed by atoms with Gasteiger partial charge in [-0.05, 0) is 89.4 Å². The van der Waals surface area contributed by atoms with E-state index in [9.17, 15) is 29.8 Å². The molecule has 0 radical (unpaired) electrons. The molecule has 2 aliphatic rings. The van der Waals surface area contributed by atoms with Crippen LogP contribution < -0.4 is 10.2 Å². The van der Waals surface area contributed by atoms with Crippen molar-refractivity contribution in [1.29, 1.82) is 0 Å². The van der Waals surface area contributed by atoms with Gasteiger partial charge in [0.15, 0.2) is 12.4 Å². The highest BCUT2D eigenvalue weighted by molar-refractivity contribution is 9.10. The molecule has 0 atom stereocenters. The molecule has 248 valence electrons. The Morgan fingerprint density at radius 3 is 1.58 bits per heavy atom. The molecule has 17 heteroatoms. The molecule has 0 bridgehead atoms. The Morgan fingerprint density at radius 2 is 1.20 bits per heavy atom. The van der Waals surface area contributed by atoms with Crippen LogP contribution in [0.4, 0.5) is 26.9 Å². The number of carbonyl (C=O) groups is 2. The monoisotopic (exact) mass is 696 g/mol. The van der Waals surface area contributed by atoms with Crippen molar-refractivity contribution in [3.05, 3.63) is 61.4 Å². The summed E-state index contributed by atoms with van der Waals surface area (Å²) in [5.74, 6) is -0.306. The largest absolute Gasteiger partial charge is 0.444 e. The van der Waals surface area contributed by atoms with Crippen molar-refractivity contribution in [1.82, 2.24) is 25.1 Å². The highest BCUT2D eigenvalue weighted by Gasteiger charge is 2.26. The topological polar surface area (TPSA) is 186 Å². The molecule has 1 N–H and O–H groups in total. The van der Waals surface area contributed by atoms with Crippen LogP contribution in [-0.4, -0.2) is 105 Å². The zero-order valence-corrected chi connectivity index (χ0v) is 28.0. The number of piperazine rings is 2. The van der Waals surface area contributed by atoms with Crippen LogP contribution >= 0.6 is 15.9 Å². The average Bonchev–Trinajstić information content (AvgIpc) is 2.97. The minimum absolute atomic E-state index is 0.136. The molecule has 0 spiro atoms. The van der Waals surface area contributed by atoms with Gasteiger partial charge in [-0.3, -0.25) is 0 Å². The highest BCUT2D eigenvalue weighted by atomic mass is 79.9. The zero-order chi connectivity index (χ0) is 33.8. The standard InChI is InChI=1S/C14H20N4O4.C9H18N2O2.C5H3BrN2O2/c1-14(2,3)22-13(19)17-8-6-16(7-9-17)11-4-5-12(15-10-11)18(20)21;1-9(2,3)13-8(12)11-6-4-10-5-7-11;6-4-1-2-5(7-3-4)8(9)10/h4-5,10H,6-9H2,1-3H3;10H,4-7H2,1-3H3;1-3H. The molecule has 4 rings (SSSR count). The predicted molar refractivity (Wildman–Crippen MR) is 170 cm³/mol. The Morgan fingerprint density at radius 1 is 0.756 bits per heavy atom.